The Hall–Kier alpha value is -0.160. The zero-order valence-electron chi connectivity index (χ0n) is 17.2. The summed E-state index contributed by atoms with van der Waals surface area (Å²) in [6.07, 6.45) is 11.4. The second-order valence-electron chi connectivity index (χ2n) is 7.33. The molecule has 0 saturated heterocycles. The van der Waals surface area contributed by atoms with Crippen molar-refractivity contribution in [1.29, 1.82) is 0 Å². The van der Waals surface area contributed by atoms with E-state index in [0.717, 1.165) is 42.9 Å². The van der Waals surface area contributed by atoms with Gasteiger partial charge in [0.25, 0.3) is 0 Å². The molecule has 0 radical (unpaired) electrons. The molecule has 1 aromatic rings. The van der Waals surface area contributed by atoms with Gasteiger partial charge in [0.1, 0.15) is 5.82 Å². The Bertz CT molecular complexity index is 584. The zero-order chi connectivity index (χ0) is 19.0. The van der Waals surface area contributed by atoms with Gasteiger partial charge in [-0.3, -0.25) is 4.99 Å². The Balaban J connectivity index is 0.00000364. The minimum absolute atomic E-state index is 0. The number of guanidine groups is 1. The van der Waals surface area contributed by atoms with Gasteiger partial charge in [-0.1, -0.05) is 24.6 Å². The minimum atomic E-state index is 0. The fourth-order valence-electron chi connectivity index (χ4n) is 3.19. The van der Waals surface area contributed by atoms with Crippen molar-refractivity contribution in [2.24, 2.45) is 4.99 Å². The molecular weight excluding hydrogens is 491 g/mol. The highest BCUT2D eigenvalue weighted by Gasteiger charge is 2.23. The van der Waals surface area contributed by atoms with Gasteiger partial charge >= 0.3 is 0 Å². The quantitative estimate of drug-likeness (QED) is 0.167. The molecule has 0 atom stereocenters. The van der Waals surface area contributed by atoms with E-state index in [-0.39, 0.29) is 28.7 Å². The van der Waals surface area contributed by atoms with Crippen molar-refractivity contribution in [1.82, 2.24) is 25.4 Å². The van der Waals surface area contributed by atoms with E-state index in [1.54, 1.807) is 11.8 Å². The number of rotatable bonds is 9. The predicted molar refractivity (Wildman–Crippen MR) is 130 cm³/mol. The van der Waals surface area contributed by atoms with Gasteiger partial charge in [-0.05, 0) is 45.6 Å². The molecule has 27 heavy (non-hydrogen) atoms. The molecule has 1 aliphatic rings. The Morgan fingerprint density at radius 2 is 1.93 bits per heavy atom. The molecule has 1 heterocycles. The van der Waals surface area contributed by atoms with Crippen molar-refractivity contribution < 1.29 is 0 Å². The number of halogens is 1. The molecule has 6 nitrogen and oxygen atoms in total. The first-order valence-electron chi connectivity index (χ1n) is 9.48. The highest BCUT2D eigenvalue weighted by Crippen LogP contribution is 2.33. The van der Waals surface area contributed by atoms with Gasteiger partial charge in [-0.2, -0.15) is 11.8 Å². The summed E-state index contributed by atoms with van der Waals surface area (Å²) < 4.78 is 2.59. The maximum absolute atomic E-state index is 4.46. The predicted octanol–water partition coefficient (Wildman–Crippen LogP) is 3.97. The molecule has 0 unspecified atom stereocenters. The van der Waals surface area contributed by atoms with Crippen LogP contribution in [-0.2, 0) is 6.42 Å². The summed E-state index contributed by atoms with van der Waals surface area (Å²) in [6, 6.07) is 0.596. The number of nitrogens with one attached hydrogen (secondary N) is 2. The topological polar surface area (TPSA) is 67.1 Å². The maximum Gasteiger partial charge on any atom is 0.191 e. The van der Waals surface area contributed by atoms with Crippen LogP contribution >= 0.6 is 47.5 Å². The summed E-state index contributed by atoms with van der Waals surface area (Å²) in [4.78, 5) is 4.32. The molecular formula is C18H35IN6S2. The standard InChI is InChI=1S/C18H34N6S2.HI/c1-18(2,26-5)13-21-16(19-3)20-12-8-11-15-22-23-17(25-4)24(15)14-9-6-7-10-14;/h14H,6-13H2,1-5H3,(H2,19,20,21);1H. The minimum Gasteiger partial charge on any atom is -0.356 e. The number of hydrogen-bond donors (Lipinski definition) is 2. The third-order valence-electron chi connectivity index (χ3n) is 4.93. The third-order valence-corrected chi connectivity index (χ3v) is 6.83. The summed E-state index contributed by atoms with van der Waals surface area (Å²) in [5.41, 5.74) is 0. The number of thioether (sulfide) groups is 2. The Morgan fingerprint density at radius 1 is 1.22 bits per heavy atom. The summed E-state index contributed by atoms with van der Waals surface area (Å²) in [6.45, 7) is 6.24. The first-order chi connectivity index (χ1) is 12.5. The van der Waals surface area contributed by atoms with Gasteiger partial charge in [-0.15, -0.1) is 34.2 Å². The summed E-state index contributed by atoms with van der Waals surface area (Å²) in [5.74, 6) is 2.00. The largest absolute Gasteiger partial charge is 0.356 e. The van der Waals surface area contributed by atoms with Crippen molar-refractivity contribution in [3.8, 4) is 0 Å². The van der Waals surface area contributed by atoms with E-state index in [9.17, 15) is 0 Å². The van der Waals surface area contributed by atoms with Crippen molar-refractivity contribution in [2.75, 3.05) is 32.6 Å². The number of hydrogen-bond acceptors (Lipinski definition) is 5. The number of aryl methyl sites for hydroxylation is 1. The second-order valence-corrected chi connectivity index (χ2v) is 9.62. The van der Waals surface area contributed by atoms with Gasteiger partial charge in [0, 0.05) is 37.3 Å². The first kappa shape index (κ1) is 24.9. The fourth-order valence-corrected chi connectivity index (χ4v) is 3.98. The van der Waals surface area contributed by atoms with Gasteiger partial charge in [0.15, 0.2) is 11.1 Å². The van der Waals surface area contributed by atoms with Crippen LogP contribution in [0.5, 0.6) is 0 Å². The summed E-state index contributed by atoms with van der Waals surface area (Å²) in [5, 5.41) is 16.7. The molecule has 1 fully saturated rings. The van der Waals surface area contributed by atoms with E-state index in [2.05, 4.69) is 56.7 Å². The van der Waals surface area contributed by atoms with Gasteiger partial charge in [0.2, 0.25) is 0 Å². The van der Waals surface area contributed by atoms with Crippen LogP contribution in [0.3, 0.4) is 0 Å². The van der Waals surface area contributed by atoms with Crippen molar-refractivity contribution in [2.45, 2.75) is 68.3 Å². The van der Waals surface area contributed by atoms with Crippen LogP contribution < -0.4 is 10.6 Å². The van der Waals surface area contributed by atoms with Crippen LogP contribution in [0.15, 0.2) is 10.1 Å². The molecule has 0 amide bonds. The molecule has 9 heteroatoms. The Morgan fingerprint density at radius 3 is 2.52 bits per heavy atom. The lowest BCUT2D eigenvalue weighted by Gasteiger charge is -2.23. The second kappa shape index (κ2) is 12.4. The molecule has 0 spiro atoms. The van der Waals surface area contributed by atoms with Gasteiger partial charge in [-0.25, -0.2) is 0 Å². The van der Waals surface area contributed by atoms with Crippen molar-refractivity contribution in [3.63, 3.8) is 0 Å². The number of aliphatic imine (C=N–C) groups is 1. The summed E-state index contributed by atoms with van der Waals surface area (Å²) in [7, 11) is 1.82. The first-order valence-corrected chi connectivity index (χ1v) is 11.9. The average molecular weight is 527 g/mol. The van der Waals surface area contributed by atoms with E-state index < -0.39 is 0 Å². The van der Waals surface area contributed by atoms with Crippen molar-refractivity contribution in [3.05, 3.63) is 5.82 Å². The number of aromatic nitrogens is 3. The molecule has 2 rings (SSSR count). The van der Waals surface area contributed by atoms with E-state index in [0.29, 0.717) is 6.04 Å². The lowest BCUT2D eigenvalue weighted by molar-refractivity contribution is 0.460. The van der Waals surface area contributed by atoms with Crippen LogP contribution in [0.25, 0.3) is 0 Å². The molecule has 1 saturated carbocycles. The molecule has 2 N–H and O–H groups in total. The lowest BCUT2D eigenvalue weighted by atomic mass is 10.2. The normalized spacial score (nSPS) is 15.7. The van der Waals surface area contributed by atoms with Crippen LogP contribution in [0.1, 0.15) is 57.8 Å². The van der Waals surface area contributed by atoms with Crippen LogP contribution in [0.4, 0.5) is 0 Å². The lowest BCUT2D eigenvalue weighted by Crippen LogP contribution is -2.43. The van der Waals surface area contributed by atoms with Crippen molar-refractivity contribution >= 4 is 53.5 Å². The van der Waals surface area contributed by atoms with Gasteiger partial charge < -0.3 is 15.2 Å². The molecule has 1 aliphatic carbocycles. The maximum atomic E-state index is 4.46. The Kier molecular flexibility index (Phi) is 11.4. The van der Waals surface area contributed by atoms with Crippen LogP contribution in [0, 0.1) is 0 Å². The molecule has 1 aromatic heterocycles. The molecule has 0 aromatic carbocycles. The van der Waals surface area contributed by atoms with E-state index in [4.69, 9.17) is 0 Å². The fraction of sp³-hybridized carbons (Fsp3) is 0.833. The van der Waals surface area contributed by atoms with E-state index >= 15 is 0 Å². The number of nitrogens with zero attached hydrogens (tertiary/aromatic N) is 4. The third kappa shape index (κ3) is 7.64. The van der Waals surface area contributed by atoms with Crippen LogP contribution in [0.2, 0.25) is 0 Å². The Labute approximate surface area is 189 Å². The van der Waals surface area contributed by atoms with Gasteiger partial charge in [0.05, 0.1) is 0 Å². The average Bonchev–Trinajstić information content (AvgIpc) is 3.30. The zero-order valence-corrected chi connectivity index (χ0v) is 21.2. The SMILES string of the molecule is CN=C(NCCCc1nnc(SC)n1C1CCCC1)NCC(C)(C)SC.I. The molecule has 0 aliphatic heterocycles. The smallest absolute Gasteiger partial charge is 0.191 e. The molecule has 156 valence electrons. The van der Waals surface area contributed by atoms with E-state index in [1.807, 2.05) is 18.8 Å². The monoisotopic (exact) mass is 526 g/mol. The van der Waals surface area contributed by atoms with E-state index in [1.165, 1.54) is 25.7 Å². The molecule has 0 bridgehead atoms. The van der Waals surface area contributed by atoms with Crippen LogP contribution in [-0.4, -0.2) is 58.1 Å². The summed E-state index contributed by atoms with van der Waals surface area (Å²) >= 11 is 3.56. The highest BCUT2D eigenvalue weighted by molar-refractivity contribution is 14.0. The highest BCUT2D eigenvalue weighted by atomic mass is 127.